The molecule has 8 heteroatoms. The fourth-order valence-electron chi connectivity index (χ4n) is 5.60. The monoisotopic (exact) mass is 513 g/mol. The Bertz CT molecular complexity index is 1360. The van der Waals surface area contributed by atoms with E-state index in [1.807, 2.05) is 30.5 Å². The molecule has 0 radical (unpaired) electrons. The van der Waals surface area contributed by atoms with Gasteiger partial charge in [0.05, 0.1) is 43.8 Å². The lowest BCUT2D eigenvalue weighted by atomic mass is 9.96. The van der Waals surface area contributed by atoms with E-state index >= 15 is 0 Å². The lowest BCUT2D eigenvalue weighted by Crippen LogP contribution is -2.36. The Balaban J connectivity index is 1.37. The third-order valence-electron chi connectivity index (χ3n) is 7.38. The Hall–Kier alpha value is -3.62. The number of hydrogen-bond donors (Lipinski definition) is 1. The van der Waals surface area contributed by atoms with Gasteiger partial charge in [-0.1, -0.05) is 6.07 Å². The van der Waals surface area contributed by atoms with Crippen molar-refractivity contribution in [1.82, 2.24) is 19.8 Å². The van der Waals surface area contributed by atoms with E-state index < -0.39 is 0 Å². The van der Waals surface area contributed by atoms with Gasteiger partial charge < -0.3 is 28.8 Å². The van der Waals surface area contributed by atoms with E-state index in [0.717, 1.165) is 43.4 Å². The van der Waals surface area contributed by atoms with Crippen LogP contribution in [-0.4, -0.2) is 45.9 Å². The number of aryl methyl sites for hydroxylation is 1. The molecule has 2 atom stereocenters. The fourth-order valence-corrected chi connectivity index (χ4v) is 5.91. The molecule has 0 bridgehead atoms. The van der Waals surface area contributed by atoms with Crippen LogP contribution in [0.1, 0.15) is 40.5 Å². The van der Waals surface area contributed by atoms with Gasteiger partial charge in [0.15, 0.2) is 5.11 Å². The summed E-state index contributed by atoms with van der Waals surface area (Å²) in [7, 11) is 0. The largest absolute Gasteiger partial charge is 0.467 e. The van der Waals surface area contributed by atoms with E-state index in [1.165, 1.54) is 22.6 Å². The molecular weight excluding hydrogens is 482 g/mol. The fraction of sp³-hybridized carbons (Fsp3) is 0.310. The first kappa shape index (κ1) is 23.8. The van der Waals surface area contributed by atoms with Gasteiger partial charge in [0.1, 0.15) is 5.76 Å². The number of aromatic nitrogens is 2. The van der Waals surface area contributed by atoms with Gasteiger partial charge in [-0.25, -0.2) is 0 Å². The van der Waals surface area contributed by atoms with Gasteiger partial charge in [0, 0.05) is 42.0 Å². The maximum atomic E-state index is 5.85. The second-order valence-corrected chi connectivity index (χ2v) is 10.00. The minimum absolute atomic E-state index is 0.0277. The standard InChI is InChI=1S/C29H31N5O2S/c1-20-18-25(21(2)34(20)23-10-8-22(9-11-23)32-13-16-35-17-14-32)28-27(26-7-3-4-12-30-26)31-29(37)33(28)19-24-6-5-15-36-24/h3-12,15,18,27-28H,13-14,16-17,19H2,1-2H3,(H,31,37)/t27-,28+/m1/s1. The molecule has 4 aromatic rings. The number of thiocarbonyl (C=S) groups is 1. The minimum Gasteiger partial charge on any atom is -0.467 e. The molecule has 5 heterocycles. The van der Waals surface area contributed by atoms with Crippen molar-refractivity contribution in [2.75, 3.05) is 31.2 Å². The van der Waals surface area contributed by atoms with Crippen LogP contribution in [0.3, 0.4) is 0 Å². The highest BCUT2D eigenvalue weighted by Gasteiger charge is 2.41. The lowest BCUT2D eigenvalue weighted by molar-refractivity contribution is 0.122. The maximum absolute atomic E-state index is 5.85. The molecule has 0 aliphatic carbocycles. The van der Waals surface area contributed by atoms with Crippen molar-refractivity contribution in [3.8, 4) is 5.69 Å². The number of benzene rings is 1. The number of pyridine rings is 1. The van der Waals surface area contributed by atoms with Crippen LogP contribution in [-0.2, 0) is 11.3 Å². The quantitative estimate of drug-likeness (QED) is 0.360. The van der Waals surface area contributed by atoms with Crippen molar-refractivity contribution in [1.29, 1.82) is 0 Å². The van der Waals surface area contributed by atoms with Crippen molar-refractivity contribution < 1.29 is 9.15 Å². The summed E-state index contributed by atoms with van der Waals surface area (Å²) in [4.78, 5) is 9.28. The highest BCUT2D eigenvalue weighted by atomic mass is 32.1. The predicted octanol–water partition coefficient (Wildman–Crippen LogP) is 5.09. The molecule has 1 aromatic carbocycles. The summed E-state index contributed by atoms with van der Waals surface area (Å²) in [6.45, 7) is 8.37. The van der Waals surface area contributed by atoms with Crippen molar-refractivity contribution in [3.63, 3.8) is 0 Å². The molecule has 190 valence electrons. The number of ether oxygens (including phenoxy) is 1. The average molecular weight is 514 g/mol. The molecule has 0 amide bonds. The van der Waals surface area contributed by atoms with E-state index in [9.17, 15) is 0 Å². The second kappa shape index (κ2) is 10.0. The molecule has 7 nitrogen and oxygen atoms in total. The van der Waals surface area contributed by atoms with Crippen LogP contribution in [0.4, 0.5) is 5.69 Å². The molecule has 3 aromatic heterocycles. The van der Waals surface area contributed by atoms with Crippen LogP contribution in [0.2, 0.25) is 0 Å². The molecular formula is C29H31N5O2S. The van der Waals surface area contributed by atoms with Crippen molar-refractivity contribution >= 4 is 23.0 Å². The normalized spacial score (nSPS) is 19.9. The zero-order valence-corrected chi connectivity index (χ0v) is 21.9. The van der Waals surface area contributed by atoms with Crippen molar-refractivity contribution in [3.05, 3.63) is 102 Å². The third kappa shape index (κ3) is 4.51. The summed E-state index contributed by atoms with van der Waals surface area (Å²) in [5, 5.41) is 4.25. The molecule has 2 aliphatic heterocycles. The van der Waals surface area contributed by atoms with Crippen LogP contribution in [0.15, 0.2) is 77.5 Å². The molecule has 0 unspecified atom stereocenters. The SMILES string of the molecule is Cc1cc([C@H]2[C@@H](c3ccccn3)NC(=S)N2Cc2ccco2)c(C)n1-c1ccc(N2CCOCC2)cc1. The van der Waals surface area contributed by atoms with Gasteiger partial charge in [-0.15, -0.1) is 0 Å². The summed E-state index contributed by atoms with van der Waals surface area (Å²) in [6, 6.07) is 21.0. The molecule has 6 rings (SSSR count). The summed E-state index contributed by atoms with van der Waals surface area (Å²) in [5.41, 5.74) is 6.96. The van der Waals surface area contributed by atoms with E-state index in [-0.39, 0.29) is 12.1 Å². The number of rotatable bonds is 6. The summed E-state index contributed by atoms with van der Waals surface area (Å²) >= 11 is 5.85. The Labute approximate surface area is 222 Å². The summed E-state index contributed by atoms with van der Waals surface area (Å²) < 4.78 is 13.5. The predicted molar refractivity (Wildman–Crippen MR) is 148 cm³/mol. The number of morpholine rings is 1. The number of nitrogens with zero attached hydrogens (tertiary/aromatic N) is 4. The van der Waals surface area contributed by atoms with Gasteiger partial charge in [0.25, 0.3) is 0 Å². The van der Waals surface area contributed by atoms with E-state index in [1.54, 1.807) is 6.26 Å². The van der Waals surface area contributed by atoms with Gasteiger partial charge in [-0.05, 0) is 86.2 Å². The van der Waals surface area contributed by atoms with E-state index in [4.69, 9.17) is 21.4 Å². The first-order valence-electron chi connectivity index (χ1n) is 12.7. The van der Waals surface area contributed by atoms with Gasteiger partial charge in [-0.3, -0.25) is 4.98 Å². The van der Waals surface area contributed by atoms with E-state index in [0.29, 0.717) is 11.7 Å². The summed E-state index contributed by atoms with van der Waals surface area (Å²) in [5.74, 6) is 0.878. The molecule has 2 aliphatic rings. The van der Waals surface area contributed by atoms with E-state index in [2.05, 4.69) is 74.9 Å². The molecule has 2 fully saturated rings. The minimum atomic E-state index is -0.0682. The van der Waals surface area contributed by atoms with Crippen LogP contribution < -0.4 is 10.2 Å². The van der Waals surface area contributed by atoms with Crippen LogP contribution in [0.25, 0.3) is 5.69 Å². The number of anilines is 1. The van der Waals surface area contributed by atoms with Gasteiger partial charge in [-0.2, -0.15) is 0 Å². The second-order valence-electron chi connectivity index (χ2n) is 9.61. The third-order valence-corrected chi connectivity index (χ3v) is 7.73. The smallest absolute Gasteiger partial charge is 0.170 e. The first-order chi connectivity index (χ1) is 18.1. The molecule has 37 heavy (non-hydrogen) atoms. The number of furan rings is 1. The van der Waals surface area contributed by atoms with Crippen LogP contribution in [0.5, 0.6) is 0 Å². The molecule has 1 N–H and O–H groups in total. The van der Waals surface area contributed by atoms with Crippen LogP contribution >= 0.6 is 12.2 Å². The zero-order valence-electron chi connectivity index (χ0n) is 21.1. The first-order valence-corrected chi connectivity index (χ1v) is 13.1. The zero-order chi connectivity index (χ0) is 25.4. The van der Waals surface area contributed by atoms with Crippen molar-refractivity contribution in [2.24, 2.45) is 0 Å². The number of nitrogens with one attached hydrogen (secondary N) is 1. The maximum Gasteiger partial charge on any atom is 0.170 e. The Morgan fingerprint density at radius 2 is 1.78 bits per heavy atom. The highest BCUT2D eigenvalue weighted by Crippen LogP contribution is 2.42. The Kier molecular flexibility index (Phi) is 6.44. The number of hydrogen-bond acceptors (Lipinski definition) is 5. The van der Waals surface area contributed by atoms with Gasteiger partial charge >= 0.3 is 0 Å². The highest BCUT2D eigenvalue weighted by molar-refractivity contribution is 7.80. The van der Waals surface area contributed by atoms with Crippen molar-refractivity contribution in [2.45, 2.75) is 32.5 Å². The molecule has 0 saturated carbocycles. The molecule has 2 saturated heterocycles. The van der Waals surface area contributed by atoms with Gasteiger partial charge in [0.2, 0.25) is 0 Å². The lowest BCUT2D eigenvalue weighted by Gasteiger charge is -2.29. The average Bonchev–Trinajstić information content (AvgIpc) is 3.64. The Morgan fingerprint density at radius 1 is 1.00 bits per heavy atom. The topological polar surface area (TPSA) is 58.7 Å². The van der Waals surface area contributed by atoms with Crippen LogP contribution in [0, 0.1) is 13.8 Å². The molecule has 0 spiro atoms. The Morgan fingerprint density at radius 3 is 2.49 bits per heavy atom. The summed E-state index contributed by atoms with van der Waals surface area (Å²) in [6.07, 6.45) is 3.55.